The van der Waals surface area contributed by atoms with Gasteiger partial charge in [0.25, 0.3) is 0 Å². The fourth-order valence-corrected chi connectivity index (χ4v) is 1.74. The van der Waals surface area contributed by atoms with E-state index in [1.54, 1.807) is 0 Å². The van der Waals surface area contributed by atoms with Gasteiger partial charge in [-0.25, -0.2) is 0 Å². The average molecular weight is 266 g/mol. The van der Waals surface area contributed by atoms with E-state index in [1.165, 1.54) is 12.8 Å². The van der Waals surface area contributed by atoms with E-state index in [0.717, 1.165) is 30.2 Å². The van der Waals surface area contributed by atoms with Gasteiger partial charge in [-0.2, -0.15) is 0 Å². The molecule has 0 saturated heterocycles. The Morgan fingerprint density at radius 3 is 2.56 bits per heavy atom. The lowest BCUT2D eigenvalue weighted by Gasteiger charge is -2.00. The molecule has 0 amide bonds. The fourth-order valence-electron chi connectivity index (χ4n) is 1.74. The average Bonchev–Trinajstić information content (AvgIpc) is 2.85. The Bertz CT molecular complexity index is 439. The molecule has 0 radical (unpaired) electrons. The van der Waals surface area contributed by atoms with E-state index in [9.17, 15) is 0 Å². The van der Waals surface area contributed by atoms with Gasteiger partial charge < -0.3 is 9.73 Å². The molecule has 0 spiro atoms. The van der Waals surface area contributed by atoms with Gasteiger partial charge in [-0.1, -0.05) is 43.7 Å². The van der Waals surface area contributed by atoms with Gasteiger partial charge >= 0.3 is 0 Å². The summed E-state index contributed by atoms with van der Waals surface area (Å²) in [6, 6.07) is 14.3. The summed E-state index contributed by atoms with van der Waals surface area (Å²) in [6.07, 6.45) is 2.44. The van der Waals surface area contributed by atoms with Gasteiger partial charge in [0.15, 0.2) is 0 Å². The third-order valence-corrected chi connectivity index (χ3v) is 2.73. The van der Waals surface area contributed by atoms with Crippen molar-refractivity contribution < 1.29 is 4.42 Å². The largest absolute Gasteiger partial charge is 0.460 e. The first-order valence-corrected chi connectivity index (χ1v) is 6.25. The van der Waals surface area contributed by atoms with Crippen molar-refractivity contribution in [2.45, 2.75) is 26.3 Å². The zero-order valence-corrected chi connectivity index (χ0v) is 11.5. The van der Waals surface area contributed by atoms with Crippen LogP contribution < -0.4 is 5.32 Å². The predicted octanol–water partition coefficient (Wildman–Crippen LogP) is 4.26. The number of benzene rings is 1. The lowest BCUT2D eigenvalue weighted by molar-refractivity contribution is 0.490. The summed E-state index contributed by atoms with van der Waals surface area (Å²) in [7, 11) is 0. The van der Waals surface area contributed by atoms with Crippen LogP contribution in [-0.2, 0) is 6.54 Å². The normalized spacial score (nSPS) is 10.1. The zero-order valence-electron chi connectivity index (χ0n) is 10.7. The second-order valence-corrected chi connectivity index (χ2v) is 4.16. The quantitative estimate of drug-likeness (QED) is 0.790. The third-order valence-electron chi connectivity index (χ3n) is 2.73. The van der Waals surface area contributed by atoms with Gasteiger partial charge in [0.05, 0.1) is 6.54 Å². The van der Waals surface area contributed by atoms with E-state index in [0.29, 0.717) is 0 Å². The highest BCUT2D eigenvalue weighted by Crippen LogP contribution is 2.21. The molecule has 1 aromatic heterocycles. The summed E-state index contributed by atoms with van der Waals surface area (Å²) in [5.74, 6) is 1.94. The van der Waals surface area contributed by atoms with Crippen LogP contribution in [0.3, 0.4) is 0 Å². The standard InChI is InChI=1S/C15H19NO.ClH/c1-2-3-11-16-12-14-9-10-15(17-14)13-7-5-4-6-8-13;/h4-10,16H,2-3,11-12H2,1H3;1H. The van der Waals surface area contributed by atoms with Crippen LogP contribution in [0.15, 0.2) is 46.9 Å². The van der Waals surface area contributed by atoms with Gasteiger partial charge in [-0.05, 0) is 25.1 Å². The van der Waals surface area contributed by atoms with Crippen molar-refractivity contribution in [3.63, 3.8) is 0 Å². The first kappa shape index (κ1) is 14.8. The van der Waals surface area contributed by atoms with E-state index in [-0.39, 0.29) is 12.4 Å². The number of nitrogens with one attached hydrogen (secondary N) is 1. The van der Waals surface area contributed by atoms with E-state index in [1.807, 2.05) is 30.3 Å². The second-order valence-electron chi connectivity index (χ2n) is 4.16. The van der Waals surface area contributed by atoms with Crippen molar-refractivity contribution in [1.29, 1.82) is 0 Å². The summed E-state index contributed by atoms with van der Waals surface area (Å²) in [6.45, 7) is 4.06. The first-order valence-electron chi connectivity index (χ1n) is 6.25. The number of hydrogen-bond acceptors (Lipinski definition) is 2. The summed E-state index contributed by atoms with van der Waals surface area (Å²) in [5, 5.41) is 3.37. The Hall–Kier alpha value is -1.25. The van der Waals surface area contributed by atoms with Crippen LogP contribution in [-0.4, -0.2) is 6.54 Å². The van der Waals surface area contributed by atoms with E-state index >= 15 is 0 Å². The van der Waals surface area contributed by atoms with Gasteiger partial charge in [-0.3, -0.25) is 0 Å². The van der Waals surface area contributed by atoms with Gasteiger partial charge in [0.2, 0.25) is 0 Å². The molecule has 0 bridgehead atoms. The molecule has 1 heterocycles. The van der Waals surface area contributed by atoms with Crippen molar-refractivity contribution in [2.75, 3.05) is 6.54 Å². The molecule has 2 rings (SSSR count). The molecule has 1 N–H and O–H groups in total. The molecule has 2 aromatic rings. The molecular formula is C15H20ClNO. The highest BCUT2D eigenvalue weighted by Gasteiger charge is 2.03. The van der Waals surface area contributed by atoms with Crippen molar-refractivity contribution in [1.82, 2.24) is 5.32 Å². The Kier molecular flexibility index (Phi) is 6.55. The van der Waals surface area contributed by atoms with Crippen LogP contribution in [0.4, 0.5) is 0 Å². The van der Waals surface area contributed by atoms with Crippen molar-refractivity contribution in [2.24, 2.45) is 0 Å². The fraction of sp³-hybridized carbons (Fsp3) is 0.333. The second kappa shape index (κ2) is 7.96. The van der Waals surface area contributed by atoms with Crippen LogP contribution in [0.25, 0.3) is 11.3 Å². The molecule has 0 atom stereocenters. The number of hydrogen-bond donors (Lipinski definition) is 1. The Morgan fingerprint density at radius 1 is 1.06 bits per heavy atom. The molecule has 3 heteroatoms. The molecule has 0 aliphatic carbocycles. The van der Waals surface area contributed by atoms with Crippen molar-refractivity contribution >= 4 is 12.4 Å². The highest BCUT2D eigenvalue weighted by atomic mass is 35.5. The van der Waals surface area contributed by atoms with Gasteiger partial charge in [-0.15, -0.1) is 12.4 Å². The first-order chi connectivity index (χ1) is 8.40. The van der Waals surface area contributed by atoms with E-state index in [2.05, 4.69) is 24.4 Å². The molecule has 98 valence electrons. The minimum atomic E-state index is 0. The van der Waals surface area contributed by atoms with Crippen LogP contribution in [0.1, 0.15) is 25.5 Å². The SMILES string of the molecule is CCCCNCc1ccc(-c2ccccc2)o1.Cl. The topological polar surface area (TPSA) is 25.2 Å². The number of rotatable bonds is 6. The maximum Gasteiger partial charge on any atom is 0.134 e. The summed E-state index contributed by atoms with van der Waals surface area (Å²) >= 11 is 0. The maximum atomic E-state index is 5.79. The molecule has 1 aromatic carbocycles. The number of unbranched alkanes of at least 4 members (excludes halogenated alkanes) is 1. The summed E-state index contributed by atoms with van der Waals surface area (Å²) < 4.78 is 5.79. The monoisotopic (exact) mass is 265 g/mol. The van der Waals surface area contributed by atoms with E-state index in [4.69, 9.17) is 4.42 Å². The maximum absolute atomic E-state index is 5.79. The molecule has 18 heavy (non-hydrogen) atoms. The van der Waals surface area contributed by atoms with E-state index < -0.39 is 0 Å². The summed E-state index contributed by atoms with van der Waals surface area (Å²) in [5.41, 5.74) is 1.13. The van der Waals surface area contributed by atoms with Crippen LogP contribution in [0, 0.1) is 0 Å². The lowest BCUT2D eigenvalue weighted by Crippen LogP contribution is -2.13. The minimum absolute atomic E-state index is 0. The predicted molar refractivity (Wildman–Crippen MR) is 78.0 cm³/mol. The number of furan rings is 1. The van der Waals surface area contributed by atoms with Gasteiger partial charge in [0.1, 0.15) is 11.5 Å². The van der Waals surface area contributed by atoms with Gasteiger partial charge in [0, 0.05) is 5.56 Å². The Labute approximate surface area is 115 Å². The van der Waals surface area contributed by atoms with Crippen molar-refractivity contribution in [3.8, 4) is 11.3 Å². The van der Waals surface area contributed by atoms with Crippen molar-refractivity contribution in [3.05, 3.63) is 48.2 Å². The zero-order chi connectivity index (χ0) is 11.9. The molecule has 2 nitrogen and oxygen atoms in total. The Morgan fingerprint density at radius 2 is 1.83 bits per heavy atom. The molecular weight excluding hydrogens is 246 g/mol. The molecule has 0 aliphatic rings. The molecule has 0 unspecified atom stereocenters. The van der Waals surface area contributed by atoms with Crippen LogP contribution >= 0.6 is 12.4 Å². The third kappa shape index (κ3) is 4.21. The minimum Gasteiger partial charge on any atom is -0.460 e. The smallest absolute Gasteiger partial charge is 0.134 e. The van der Waals surface area contributed by atoms with Crippen LogP contribution in [0.5, 0.6) is 0 Å². The Balaban J connectivity index is 0.00000162. The lowest BCUT2D eigenvalue weighted by atomic mass is 10.2. The number of halogens is 1. The summed E-state index contributed by atoms with van der Waals surface area (Å²) in [4.78, 5) is 0. The highest BCUT2D eigenvalue weighted by molar-refractivity contribution is 5.85. The molecule has 0 saturated carbocycles. The molecule has 0 aliphatic heterocycles. The molecule has 0 fully saturated rings. The van der Waals surface area contributed by atoms with Crippen LogP contribution in [0.2, 0.25) is 0 Å².